The number of aryl methyl sites for hydroxylation is 1. The molecule has 1 fully saturated rings. The van der Waals surface area contributed by atoms with Crippen LogP contribution in [0.2, 0.25) is 0 Å². The van der Waals surface area contributed by atoms with Crippen LogP contribution in [0.3, 0.4) is 0 Å². The third kappa shape index (κ3) is 4.14. The van der Waals surface area contributed by atoms with E-state index in [9.17, 15) is 4.79 Å². The number of carbonyl (C=O) groups excluding carboxylic acids is 1. The lowest BCUT2D eigenvalue weighted by molar-refractivity contribution is -0.117. The first kappa shape index (κ1) is 13.6. The third-order valence-electron chi connectivity index (χ3n) is 3.25. The molecule has 1 aromatic rings. The SMILES string of the molecule is Cc1ccccc1SCC(=O)CCC1CCCO1. The van der Waals surface area contributed by atoms with E-state index in [2.05, 4.69) is 19.1 Å². The number of benzene rings is 1. The summed E-state index contributed by atoms with van der Waals surface area (Å²) < 4.78 is 5.53. The van der Waals surface area contributed by atoms with E-state index in [1.54, 1.807) is 11.8 Å². The van der Waals surface area contributed by atoms with Crippen LogP contribution in [-0.2, 0) is 9.53 Å². The summed E-state index contributed by atoms with van der Waals surface area (Å²) in [5, 5.41) is 0. The van der Waals surface area contributed by atoms with Gasteiger partial charge in [0.2, 0.25) is 0 Å². The van der Waals surface area contributed by atoms with Crippen LogP contribution in [0.1, 0.15) is 31.2 Å². The molecule has 0 bridgehead atoms. The van der Waals surface area contributed by atoms with Gasteiger partial charge in [0, 0.05) is 17.9 Å². The van der Waals surface area contributed by atoms with Gasteiger partial charge in [0.05, 0.1) is 11.9 Å². The maximum Gasteiger partial charge on any atom is 0.143 e. The van der Waals surface area contributed by atoms with Gasteiger partial charge in [0.1, 0.15) is 5.78 Å². The Kier molecular flexibility index (Phi) is 5.26. The average molecular weight is 264 g/mol. The summed E-state index contributed by atoms with van der Waals surface area (Å²) in [6.07, 6.45) is 4.16. The Labute approximate surface area is 113 Å². The summed E-state index contributed by atoms with van der Waals surface area (Å²) in [6, 6.07) is 8.21. The van der Waals surface area contributed by atoms with E-state index in [4.69, 9.17) is 4.74 Å². The number of hydrogen-bond acceptors (Lipinski definition) is 3. The van der Waals surface area contributed by atoms with Crippen molar-refractivity contribution in [1.82, 2.24) is 0 Å². The molecular formula is C15H20O2S. The molecule has 1 unspecified atom stereocenters. The van der Waals surface area contributed by atoms with Crippen LogP contribution < -0.4 is 0 Å². The molecule has 1 aromatic carbocycles. The van der Waals surface area contributed by atoms with Crippen LogP contribution >= 0.6 is 11.8 Å². The highest BCUT2D eigenvalue weighted by Gasteiger charge is 2.16. The van der Waals surface area contributed by atoms with Crippen LogP contribution in [0.4, 0.5) is 0 Å². The molecule has 1 atom stereocenters. The fourth-order valence-corrected chi connectivity index (χ4v) is 3.07. The minimum absolute atomic E-state index is 0.331. The predicted octanol–water partition coefficient (Wildman–Crippen LogP) is 3.62. The standard InChI is InChI=1S/C15H20O2S/c1-12-5-2-3-7-15(12)18-11-13(16)8-9-14-6-4-10-17-14/h2-3,5,7,14H,4,6,8-11H2,1H3. The van der Waals surface area contributed by atoms with Gasteiger partial charge in [-0.25, -0.2) is 0 Å². The highest BCUT2D eigenvalue weighted by Crippen LogP contribution is 2.23. The summed E-state index contributed by atoms with van der Waals surface area (Å²) in [4.78, 5) is 13.0. The molecule has 1 aliphatic heterocycles. The van der Waals surface area contributed by atoms with E-state index in [1.807, 2.05) is 12.1 Å². The maximum atomic E-state index is 11.8. The highest BCUT2D eigenvalue weighted by atomic mass is 32.2. The second kappa shape index (κ2) is 6.95. The molecule has 0 spiro atoms. The van der Waals surface area contributed by atoms with Crippen LogP contribution in [0.5, 0.6) is 0 Å². The van der Waals surface area contributed by atoms with Crippen LogP contribution in [0, 0.1) is 6.92 Å². The average Bonchev–Trinajstić information content (AvgIpc) is 2.88. The number of ether oxygens (including phenoxy) is 1. The number of ketones is 1. The van der Waals surface area contributed by atoms with Crippen molar-refractivity contribution in [1.29, 1.82) is 0 Å². The Morgan fingerprint density at radius 3 is 3.00 bits per heavy atom. The van der Waals surface area contributed by atoms with Crippen molar-refractivity contribution in [3.63, 3.8) is 0 Å². The molecule has 1 saturated heterocycles. The number of thioether (sulfide) groups is 1. The van der Waals surface area contributed by atoms with Gasteiger partial charge in [0.15, 0.2) is 0 Å². The molecule has 0 N–H and O–H groups in total. The largest absolute Gasteiger partial charge is 0.378 e. The summed E-state index contributed by atoms with van der Waals surface area (Å²) in [5.74, 6) is 0.913. The number of hydrogen-bond donors (Lipinski definition) is 0. The predicted molar refractivity (Wildman–Crippen MR) is 75.1 cm³/mol. The lowest BCUT2D eigenvalue weighted by atomic mass is 10.1. The molecule has 0 aliphatic carbocycles. The topological polar surface area (TPSA) is 26.3 Å². The highest BCUT2D eigenvalue weighted by molar-refractivity contribution is 8.00. The van der Waals surface area contributed by atoms with Gasteiger partial charge in [-0.05, 0) is 37.8 Å². The molecule has 18 heavy (non-hydrogen) atoms. The van der Waals surface area contributed by atoms with E-state index in [-0.39, 0.29) is 0 Å². The minimum atomic E-state index is 0.331. The van der Waals surface area contributed by atoms with Crippen LogP contribution in [-0.4, -0.2) is 24.2 Å². The number of carbonyl (C=O) groups is 1. The maximum absolute atomic E-state index is 11.8. The zero-order valence-corrected chi connectivity index (χ0v) is 11.7. The van der Waals surface area contributed by atoms with E-state index in [0.29, 0.717) is 24.1 Å². The van der Waals surface area contributed by atoms with Gasteiger partial charge in [-0.3, -0.25) is 4.79 Å². The molecule has 0 amide bonds. The van der Waals surface area contributed by atoms with Crippen LogP contribution in [0.25, 0.3) is 0 Å². The molecule has 1 aliphatic rings. The summed E-state index contributed by atoms with van der Waals surface area (Å²) in [6.45, 7) is 2.95. The van der Waals surface area contributed by atoms with Gasteiger partial charge in [-0.15, -0.1) is 11.8 Å². The molecule has 3 heteroatoms. The van der Waals surface area contributed by atoms with Crippen molar-refractivity contribution >= 4 is 17.5 Å². The first-order valence-corrected chi connectivity index (χ1v) is 7.56. The summed E-state index contributed by atoms with van der Waals surface area (Å²) in [7, 11) is 0. The molecule has 2 nitrogen and oxygen atoms in total. The molecule has 1 heterocycles. The Hall–Kier alpha value is -0.800. The van der Waals surface area contributed by atoms with Gasteiger partial charge in [-0.1, -0.05) is 18.2 Å². The third-order valence-corrected chi connectivity index (χ3v) is 4.49. The fraction of sp³-hybridized carbons (Fsp3) is 0.533. The fourth-order valence-electron chi connectivity index (χ4n) is 2.14. The first-order valence-electron chi connectivity index (χ1n) is 6.57. The Morgan fingerprint density at radius 2 is 2.28 bits per heavy atom. The van der Waals surface area contributed by atoms with Crippen molar-refractivity contribution in [2.45, 2.75) is 43.6 Å². The van der Waals surface area contributed by atoms with E-state index in [0.717, 1.165) is 25.9 Å². The smallest absolute Gasteiger partial charge is 0.143 e. The molecule has 2 rings (SSSR count). The molecule has 0 aromatic heterocycles. The Bertz CT molecular complexity index is 397. The number of Topliss-reactive ketones (excluding diaryl/α,β-unsaturated/α-hetero) is 1. The normalized spacial score (nSPS) is 19.1. The second-order valence-corrected chi connectivity index (χ2v) is 5.78. The summed E-state index contributed by atoms with van der Waals surface area (Å²) >= 11 is 1.65. The molecule has 98 valence electrons. The lowest BCUT2D eigenvalue weighted by Gasteiger charge is -2.08. The first-order chi connectivity index (χ1) is 8.75. The van der Waals surface area contributed by atoms with Crippen molar-refractivity contribution in [2.24, 2.45) is 0 Å². The van der Waals surface area contributed by atoms with Gasteiger partial charge < -0.3 is 4.74 Å². The summed E-state index contributed by atoms with van der Waals surface area (Å²) in [5.41, 5.74) is 1.24. The van der Waals surface area contributed by atoms with Gasteiger partial charge in [-0.2, -0.15) is 0 Å². The Balaban J connectivity index is 1.69. The quantitative estimate of drug-likeness (QED) is 0.734. The van der Waals surface area contributed by atoms with E-state index < -0.39 is 0 Å². The lowest BCUT2D eigenvalue weighted by Crippen LogP contribution is -2.10. The second-order valence-electron chi connectivity index (χ2n) is 4.77. The zero-order valence-electron chi connectivity index (χ0n) is 10.9. The van der Waals surface area contributed by atoms with E-state index >= 15 is 0 Å². The van der Waals surface area contributed by atoms with Crippen molar-refractivity contribution in [2.75, 3.05) is 12.4 Å². The van der Waals surface area contributed by atoms with Crippen molar-refractivity contribution in [3.8, 4) is 0 Å². The molecule has 0 radical (unpaired) electrons. The van der Waals surface area contributed by atoms with Crippen molar-refractivity contribution < 1.29 is 9.53 Å². The number of rotatable bonds is 6. The van der Waals surface area contributed by atoms with Gasteiger partial charge >= 0.3 is 0 Å². The zero-order chi connectivity index (χ0) is 12.8. The van der Waals surface area contributed by atoms with E-state index in [1.165, 1.54) is 10.5 Å². The Morgan fingerprint density at radius 1 is 1.44 bits per heavy atom. The minimum Gasteiger partial charge on any atom is -0.378 e. The monoisotopic (exact) mass is 264 g/mol. The molecule has 0 saturated carbocycles. The molecular weight excluding hydrogens is 244 g/mol. The van der Waals surface area contributed by atoms with Crippen molar-refractivity contribution in [3.05, 3.63) is 29.8 Å². The van der Waals surface area contributed by atoms with Crippen LogP contribution in [0.15, 0.2) is 29.2 Å². The van der Waals surface area contributed by atoms with Gasteiger partial charge in [0.25, 0.3) is 0 Å².